The number of rotatable bonds is 1. The number of halogens is 7. The van der Waals surface area contributed by atoms with Crippen molar-refractivity contribution in [1.29, 1.82) is 0 Å². The smallest absolute Gasteiger partial charge is 0.181 e. The fraction of sp³-hybridized carbons (Fsp3) is 0.600. The molecule has 75 valence electrons. The quantitative estimate of drug-likeness (QED) is 0.466. The van der Waals surface area contributed by atoms with Crippen LogP contribution in [0.15, 0.2) is 0 Å². The number of hydrogen-bond acceptors (Lipinski definition) is 0. The van der Waals surface area contributed by atoms with Gasteiger partial charge in [-0.1, -0.05) is 0 Å². The first kappa shape index (κ1) is 12.0. The summed E-state index contributed by atoms with van der Waals surface area (Å²) in [5.74, 6) is -5.77. The van der Waals surface area contributed by atoms with Crippen LogP contribution in [0.25, 0.3) is 0 Å². The summed E-state index contributed by atoms with van der Waals surface area (Å²) in [5, 5.41) is 9.29. The van der Waals surface area contributed by atoms with Crippen molar-refractivity contribution in [3.05, 3.63) is 0 Å². The lowest BCUT2D eigenvalue weighted by Crippen LogP contribution is -2.37. The SMILES string of the molecule is [O]C(F)(F)C(F)(F)C#CC(F)(F)F. The maximum Gasteiger partial charge on any atom is 0.458 e. The summed E-state index contributed by atoms with van der Waals surface area (Å²) in [4.78, 5) is 0. The van der Waals surface area contributed by atoms with Crippen molar-refractivity contribution in [2.24, 2.45) is 0 Å². The molecule has 0 aliphatic heterocycles. The van der Waals surface area contributed by atoms with Crippen molar-refractivity contribution >= 4 is 0 Å². The average Bonchev–Trinajstić information content (AvgIpc) is 1.79. The third kappa shape index (κ3) is 3.98. The molecular formula is C5F7O. The summed E-state index contributed by atoms with van der Waals surface area (Å²) in [5.41, 5.74) is 0. The first-order chi connectivity index (χ1) is 5.46. The minimum Gasteiger partial charge on any atom is -0.181 e. The van der Waals surface area contributed by atoms with Crippen LogP contribution in [-0.2, 0) is 5.11 Å². The van der Waals surface area contributed by atoms with E-state index in [1.54, 1.807) is 0 Å². The molecular weight excluding hydrogens is 209 g/mol. The minimum atomic E-state index is -5.84. The van der Waals surface area contributed by atoms with Crippen molar-refractivity contribution in [2.75, 3.05) is 0 Å². The Kier molecular flexibility index (Phi) is 2.84. The lowest BCUT2D eigenvalue weighted by molar-refractivity contribution is -0.332. The highest BCUT2D eigenvalue weighted by molar-refractivity contribution is 5.15. The highest BCUT2D eigenvalue weighted by Gasteiger charge is 2.56. The molecule has 1 radical (unpaired) electrons. The second kappa shape index (κ2) is 3.06. The molecule has 0 unspecified atom stereocenters. The molecule has 0 bridgehead atoms. The molecule has 0 aliphatic carbocycles. The van der Waals surface area contributed by atoms with Crippen molar-refractivity contribution in [3.63, 3.8) is 0 Å². The maximum absolute atomic E-state index is 11.7. The second-order valence-corrected chi connectivity index (χ2v) is 1.84. The lowest BCUT2D eigenvalue weighted by atomic mass is 10.3. The molecule has 0 fully saturated rings. The highest BCUT2D eigenvalue weighted by atomic mass is 19.4. The van der Waals surface area contributed by atoms with Crippen LogP contribution in [0.3, 0.4) is 0 Å². The molecule has 0 amide bonds. The minimum absolute atomic E-state index is 0.111. The van der Waals surface area contributed by atoms with Crippen molar-refractivity contribution in [3.8, 4) is 11.8 Å². The first-order valence-electron chi connectivity index (χ1n) is 2.53. The Balaban J connectivity index is 4.77. The Morgan fingerprint density at radius 2 is 1.15 bits per heavy atom. The molecule has 0 saturated carbocycles. The zero-order valence-electron chi connectivity index (χ0n) is 5.55. The fourth-order valence-corrected chi connectivity index (χ4v) is 0.222. The molecule has 13 heavy (non-hydrogen) atoms. The van der Waals surface area contributed by atoms with Crippen LogP contribution in [0.4, 0.5) is 30.7 Å². The Hall–Kier alpha value is -0.970. The third-order valence-electron chi connectivity index (χ3n) is 0.727. The average molecular weight is 209 g/mol. The summed E-state index contributed by atoms with van der Waals surface area (Å²) >= 11 is 0. The van der Waals surface area contributed by atoms with Gasteiger partial charge in [0.25, 0.3) is 0 Å². The van der Waals surface area contributed by atoms with E-state index in [-0.39, 0.29) is 11.8 Å². The summed E-state index contributed by atoms with van der Waals surface area (Å²) in [6, 6.07) is 0. The van der Waals surface area contributed by atoms with Crippen LogP contribution in [0.1, 0.15) is 0 Å². The molecule has 0 aromatic rings. The number of hydrogen-bond donors (Lipinski definition) is 0. The van der Waals surface area contributed by atoms with E-state index in [1.165, 1.54) is 0 Å². The van der Waals surface area contributed by atoms with Crippen LogP contribution in [0.2, 0.25) is 0 Å². The van der Waals surface area contributed by atoms with Crippen molar-refractivity contribution in [1.82, 2.24) is 0 Å². The molecule has 0 spiro atoms. The van der Waals surface area contributed by atoms with Crippen LogP contribution in [0.5, 0.6) is 0 Å². The largest absolute Gasteiger partial charge is 0.458 e. The fourth-order valence-electron chi connectivity index (χ4n) is 0.222. The molecule has 0 aliphatic rings. The van der Waals surface area contributed by atoms with Gasteiger partial charge in [0.05, 0.1) is 0 Å². The summed E-state index contributed by atoms with van der Waals surface area (Å²) in [7, 11) is 0. The van der Waals surface area contributed by atoms with Crippen molar-refractivity contribution in [2.45, 2.75) is 18.2 Å². The highest BCUT2D eigenvalue weighted by Crippen LogP contribution is 2.31. The monoisotopic (exact) mass is 209 g/mol. The first-order valence-corrected chi connectivity index (χ1v) is 2.53. The van der Waals surface area contributed by atoms with E-state index >= 15 is 0 Å². The molecule has 8 heteroatoms. The van der Waals surface area contributed by atoms with Gasteiger partial charge < -0.3 is 0 Å². The van der Waals surface area contributed by atoms with Gasteiger partial charge in [0, 0.05) is 5.92 Å². The Morgan fingerprint density at radius 1 is 0.769 bits per heavy atom. The topological polar surface area (TPSA) is 19.9 Å². The van der Waals surface area contributed by atoms with Gasteiger partial charge in [-0.05, 0) is 5.92 Å². The van der Waals surface area contributed by atoms with E-state index < -0.39 is 18.2 Å². The summed E-state index contributed by atoms with van der Waals surface area (Å²) < 4.78 is 79.4. The van der Waals surface area contributed by atoms with Crippen LogP contribution in [-0.4, -0.2) is 18.2 Å². The predicted molar refractivity (Wildman–Crippen MR) is 24.4 cm³/mol. The summed E-state index contributed by atoms with van der Waals surface area (Å²) in [6.07, 6.45) is -11.2. The van der Waals surface area contributed by atoms with Gasteiger partial charge in [-0.15, -0.1) is 5.11 Å². The van der Waals surface area contributed by atoms with Gasteiger partial charge in [-0.2, -0.15) is 30.7 Å². The zero-order chi connectivity index (χ0) is 10.9. The van der Waals surface area contributed by atoms with Gasteiger partial charge in [-0.3, -0.25) is 0 Å². The van der Waals surface area contributed by atoms with Crippen LogP contribution >= 0.6 is 0 Å². The predicted octanol–water partition coefficient (Wildman–Crippen LogP) is 2.21. The molecule has 0 aromatic carbocycles. The second-order valence-electron chi connectivity index (χ2n) is 1.84. The van der Waals surface area contributed by atoms with Gasteiger partial charge in [0.2, 0.25) is 0 Å². The normalized spacial score (nSPS) is 13.5. The standard InChI is InChI=1S/C5F7O/c6-3(7,5(11,12)13)1-2-4(8,9)10. The molecule has 0 N–H and O–H groups in total. The lowest BCUT2D eigenvalue weighted by Gasteiger charge is -2.12. The van der Waals surface area contributed by atoms with Gasteiger partial charge in [-0.25, -0.2) is 0 Å². The van der Waals surface area contributed by atoms with E-state index in [0.29, 0.717) is 0 Å². The van der Waals surface area contributed by atoms with Gasteiger partial charge in [0.1, 0.15) is 0 Å². The van der Waals surface area contributed by atoms with E-state index in [1.807, 2.05) is 0 Å². The molecule has 0 rings (SSSR count). The van der Waals surface area contributed by atoms with Gasteiger partial charge in [0.15, 0.2) is 0 Å². The van der Waals surface area contributed by atoms with Crippen molar-refractivity contribution < 1.29 is 35.8 Å². The maximum atomic E-state index is 11.7. The Morgan fingerprint density at radius 3 is 1.38 bits per heavy atom. The summed E-state index contributed by atoms with van der Waals surface area (Å²) in [6.45, 7) is 0. The van der Waals surface area contributed by atoms with E-state index in [0.717, 1.165) is 0 Å². The molecule has 0 heterocycles. The molecule has 0 saturated heterocycles. The van der Waals surface area contributed by atoms with E-state index in [4.69, 9.17) is 0 Å². The Labute approximate surface area is 67.2 Å². The molecule has 0 aromatic heterocycles. The van der Waals surface area contributed by atoms with Crippen LogP contribution in [0, 0.1) is 11.8 Å². The Bertz CT molecular complexity index is 236. The van der Waals surface area contributed by atoms with E-state index in [9.17, 15) is 35.8 Å². The third-order valence-corrected chi connectivity index (χ3v) is 0.727. The molecule has 1 nitrogen and oxygen atoms in total. The van der Waals surface area contributed by atoms with Crippen LogP contribution < -0.4 is 0 Å². The van der Waals surface area contributed by atoms with E-state index in [2.05, 4.69) is 0 Å². The number of alkyl halides is 7. The zero-order valence-corrected chi connectivity index (χ0v) is 5.55. The molecule has 0 atom stereocenters. The van der Waals surface area contributed by atoms with Gasteiger partial charge >= 0.3 is 18.2 Å².